The third-order valence-electron chi connectivity index (χ3n) is 5.10. The van der Waals surface area contributed by atoms with Gasteiger partial charge in [-0.1, -0.05) is 18.2 Å². The van der Waals surface area contributed by atoms with Gasteiger partial charge in [-0.05, 0) is 49.2 Å². The van der Waals surface area contributed by atoms with Gasteiger partial charge in [0.05, 0.1) is 5.52 Å². The molecule has 1 aliphatic heterocycles. The number of fused-ring (bicyclic) bond motifs is 2. The second kappa shape index (κ2) is 6.83. The van der Waals surface area contributed by atoms with Crippen LogP contribution in [0.15, 0.2) is 54.7 Å². The van der Waals surface area contributed by atoms with Crippen LogP contribution in [-0.2, 0) is 11.2 Å². The molecule has 0 saturated carbocycles. The molecule has 0 N–H and O–H groups in total. The van der Waals surface area contributed by atoms with Crippen LogP contribution in [0.2, 0.25) is 0 Å². The predicted molar refractivity (Wildman–Crippen MR) is 104 cm³/mol. The van der Waals surface area contributed by atoms with Crippen molar-refractivity contribution in [2.24, 2.45) is 0 Å². The second-order valence-corrected chi connectivity index (χ2v) is 6.83. The number of carbonyl (C=O) groups excluding carboxylic acids is 3. The average Bonchev–Trinajstić information content (AvgIpc) is 3.29. The minimum Gasteiger partial charge on any atom is -0.312 e. The normalized spacial score (nSPS) is 13.0. The quantitative estimate of drug-likeness (QED) is 0.664. The lowest BCUT2D eigenvalue weighted by Gasteiger charge is -2.17. The number of aromatic nitrogens is 1. The minimum atomic E-state index is -0.0871. The summed E-state index contributed by atoms with van der Waals surface area (Å²) in [4.78, 5) is 38.5. The standard InChI is InChI=1S/C22H20N2O3/c1-15(25)17-6-7-20-18(14-17)11-13-24(20)22(27)9-8-21(26)23-12-10-16-4-2-3-5-19(16)23/h2-7,10,12,14H,8-9,11,13H2,1H3. The summed E-state index contributed by atoms with van der Waals surface area (Å²) >= 11 is 0. The molecule has 0 aliphatic carbocycles. The fourth-order valence-corrected chi connectivity index (χ4v) is 3.65. The van der Waals surface area contributed by atoms with Crippen LogP contribution in [0, 0.1) is 0 Å². The molecule has 0 bridgehead atoms. The molecule has 3 aromatic rings. The summed E-state index contributed by atoms with van der Waals surface area (Å²) in [5.74, 6) is -0.128. The number of ketones is 1. The molecule has 0 saturated heterocycles. The van der Waals surface area contributed by atoms with Crippen LogP contribution in [0.25, 0.3) is 10.9 Å². The molecule has 0 unspecified atom stereocenters. The van der Waals surface area contributed by atoms with Gasteiger partial charge in [-0.3, -0.25) is 19.0 Å². The number of Topliss-reactive ketones (excluding diaryl/α,β-unsaturated/α-hetero) is 1. The molecule has 1 amide bonds. The summed E-state index contributed by atoms with van der Waals surface area (Å²) in [7, 11) is 0. The van der Waals surface area contributed by atoms with Crippen molar-refractivity contribution in [2.75, 3.05) is 11.4 Å². The Kier molecular flexibility index (Phi) is 4.36. The van der Waals surface area contributed by atoms with E-state index in [1.54, 1.807) is 21.7 Å². The van der Waals surface area contributed by atoms with Crippen molar-refractivity contribution in [1.82, 2.24) is 4.57 Å². The molecule has 0 fully saturated rings. The van der Waals surface area contributed by atoms with Crippen molar-refractivity contribution in [2.45, 2.75) is 26.2 Å². The summed E-state index contributed by atoms with van der Waals surface area (Å²) in [5.41, 5.74) is 3.39. The van der Waals surface area contributed by atoms with Gasteiger partial charge in [0.1, 0.15) is 0 Å². The topological polar surface area (TPSA) is 59.4 Å². The highest BCUT2D eigenvalue weighted by Gasteiger charge is 2.25. The zero-order valence-electron chi connectivity index (χ0n) is 15.1. The van der Waals surface area contributed by atoms with Crippen molar-refractivity contribution in [3.8, 4) is 0 Å². The van der Waals surface area contributed by atoms with E-state index in [9.17, 15) is 14.4 Å². The molecule has 5 heteroatoms. The first kappa shape index (κ1) is 17.2. The molecule has 1 aliphatic rings. The van der Waals surface area contributed by atoms with Gasteiger partial charge in [0, 0.05) is 42.2 Å². The van der Waals surface area contributed by atoms with Crippen molar-refractivity contribution in [3.05, 3.63) is 65.9 Å². The summed E-state index contributed by atoms with van der Waals surface area (Å²) in [6.45, 7) is 2.13. The maximum atomic E-state index is 12.7. The van der Waals surface area contributed by atoms with Crippen molar-refractivity contribution in [1.29, 1.82) is 0 Å². The number of carbonyl (C=O) groups is 3. The molecule has 2 heterocycles. The number of nitrogens with zero attached hydrogens (tertiary/aromatic N) is 2. The third kappa shape index (κ3) is 3.16. The van der Waals surface area contributed by atoms with Gasteiger partial charge >= 0.3 is 0 Å². The van der Waals surface area contributed by atoms with Crippen LogP contribution in [0.4, 0.5) is 5.69 Å². The minimum absolute atomic E-state index is 0.0205. The van der Waals surface area contributed by atoms with E-state index >= 15 is 0 Å². The van der Waals surface area contributed by atoms with Crippen LogP contribution in [0.1, 0.15) is 40.5 Å². The fourth-order valence-electron chi connectivity index (χ4n) is 3.65. The SMILES string of the molecule is CC(=O)c1ccc2c(c1)CCN2C(=O)CCC(=O)n1ccc2ccccc21. The molecular formula is C22H20N2O3. The van der Waals surface area contributed by atoms with Crippen LogP contribution in [-0.4, -0.2) is 28.7 Å². The Labute approximate surface area is 157 Å². The van der Waals surface area contributed by atoms with E-state index < -0.39 is 0 Å². The van der Waals surface area contributed by atoms with E-state index in [-0.39, 0.29) is 30.4 Å². The number of hydrogen-bond donors (Lipinski definition) is 0. The Morgan fingerprint density at radius 1 is 0.963 bits per heavy atom. The lowest BCUT2D eigenvalue weighted by molar-refractivity contribution is -0.118. The Balaban J connectivity index is 1.45. The van der Waals surface area contributed by atoms with Gasteiger partial charge in [0.2, 0.25) is 11.8 Å². The highest BCUT2D eigenvalue weighted by atomic mass is 16.2. The molecule has 27 heavy (non-hydrogen) atoms. The molecule has 5 nitrogen and oxygen atoms in total. The third-order valence-corrected chi connectivity index (χ3v) is 5.10. The lowest BCUT2D eigenvalue weighted by Crippen LogP contribution is -2.29. The van der Waals surface area contributed by atoms with Crippen molar-refractivity contribution >= 4 is 34.2 Å². The van der Waals surface area contributed by atoms with Gasteiger partial charge in [-0.25, -0.2) is 0 Å². The first-order valence-electron chi connectivity index (χ1n) is 9.08. The molecule has 0 radical (unpaired) electrons. The molecular weight excluding hydrogens is 340 g/mol. The summed E-state index contributed by atoms with van der Waals surface area (Å²) in [6, 6.07) is 15.0. The number of para-hydroxylation sites is 1. The molecule has 136 valence electrons. The molecule has 0 spiro atoms. The largest absolute Gasteiger partial charge is 0.312 e. The highest BCUT2D eigenvalue weighted by molar-refractivity contribution is 6.00. The van der Waals surface area contributed by atoms with E-state index in [1.807, 2.05) is 42.5 Å². The highest BCUT2D eigenvalue weighted by Crippen LogP contribution is 2.30. The second-order valence-electron chi connectivity index (χ2n) is 6.83. The van der Waals surface area contributed by atoms with Gasteiger partial charge in [0.15, 0.2) is 5.78 Å². The molecule has 2 aromatic carbocycles. The van der Waals surface area contributed by atoms with E-state index in [0.29, 0.717) is 12.1 Å². The van der Waals surface area contributed by atoms with E-state index in [1.165, 1.54) is 6.92 Å². The molecule has 4 rings (SSSR count). The number of anilines is 1. The first-order valence-corrected chi connectivity index (χ1v) is 9.08. The van der Waals surface area contributed by atoms with Crippen molar-refractivity contribution in [3.63, 3.8) is 0 Å². The van der Waals surface area contributed by atoms with Crippen molar-refractivity contribution < 1.29 is 14.4 Å². The molecule has 1 aromatic heterocycles. The average molecular weight is 360 g/mol. The van der Waals surface area contributed by atoms with Crippen LogP contribution in [0.3, 0.4) is 0 Å². The number of amides is 1. The number of benzene rings is 2. The van der Waals surface area contributed by atoms with E-state index in [0.717, 1.165) is 28.6 Å². The monoisotopic (exact) mass is 360 g/mol. The number of hydrogen-bond acceptors (Lipinski definition) is 3. The predicted octanol–water partition coefficient (Wildman–Crippen LogP) is 3.85. The lowest BCUT2D eigenvalue weighted by atomic mass is 10.1. The fraction of sp³-hybridized carbons (Fsp3) is 0.227. The summed E-state index contributed by atoms with van der Waals surface area (Å²) in [6.07, 6.45) is 2.82. The smallest absolute Gasteiger partial charge is 0.231 e. The first-order chi connectivity index (χ1) is 13.0. The maximum absolute atomic E-state index is 12.7. The van der Waals surface area contributed by atoms with E-state index in [2.05, 4.69) is 0 Å². The van der Waals surface area contributed by atoms with Gasteiger partial charge < -0.3 is 4.90 Å². The van der Waals surface area contributed by atoms with Gasteiger partial charge in [-0.15, -0.1) is 0 Å². The van der Waals surface area contributed by atoms with Gasteiger partial charge in [-0.2, -0.15) is 0 Å². The van der Waals surface area contributed by atoms with Gasteiger partial charge in [0.25, 0.3) is 0 Å². The molecule has 0 atom stereocenters. The number of rotatable bonds is 4. The van der Waals surface area contributed by atoms with Crippen LogP contribution in [0.5, 0.6) is 0 Å². The Bertz CT molecular complexity index is 1060. The zero-order chi connectivity index (χ0) is 19.0. The maximum Gasteiger partial charge on any atom is 0.231 e. The van der Waals surface area contributed by atoms with Crippen LogP contribution >= 0.6 is 0 Å². The summed E-state index contributed by atoms with van der Waals surface area (Å²) < 4.78 is 1.61. The Morgan fingerprint density at radius 3 is 2.56 bits per heavy atom. The Hall–Kier alpha value is -3.21. The van der Waals surface area contributed by atoms with Crippen LogP contribution < -0.4 is 4.90 Å². The Morgan fingerprint density at radius 2 is 1.74 bits per heavy atom. The summed E-state index contributed by atoms with van der Waals surface area (Å²) in [5, 5.41) is 1.01. The van der Waals surface area contributed by atoms with E-state index in [4.69, 9.17) is 0 Å². The zero-order valence-corrected chi connectivity index (χ0v) is 15.1.